The third-order valence-corrected chi connectivity index (χ3v) is 6.68. The summed E-state index contributed by atoms with van der Waals surface area (Å²) in [5.41, 5.74) is -3.17. The summed E-state index contributed by atoms with van der Waals surface area (Å²) in [6, 6.07) is 4.18. The van der Waals surface area contributed by atoms with E-state index in [1.54, 1.807) is 17.5 Å². The van der Waals surface area contributed by atoms with Gasteiger partial charge in [0.15, 0.2) is 5.13 Å². The molecule has 13 heteroatoms. The lowest BCUT2D eigenvalue weighted by Crippen LogP contribution is -2.35. The first-order chi connectivity index (χ1) is 15.4. The normalized spacial score (nSPS) is 14.2. The molecule has 0 aliphatic carbocycles. The van der Waals surface area contributed by atoms with E-state index in [2.05, 4.69) is 10.3 Å². The van der Waals surface area contributed by atoms with Crippen LogP contribution in [0.15, 0.2) is 35.7 Å². The summed E-state index contributed by atoms with van der Waals surface area (Å²) >= 11 is 2.34. The molecule has 0 saturated carbocycles. The Morgan fingerprint density at radius 2 is 1.70 bits per heavy atom. The number of rotatable bonds is 3. The van der Waals surface area contributed by atoms with Gasteiger partial charge < -0.3 is 4.90 Å². The van der Waals surface area contributed by atoms with Crippen LogP contribution in [-0.4, -0.2) is 28.2 Å². The predicted octanol–water partition coefficient (Wildman–Crippen LogP) is 5.69. The number of benzene rings is 1. The molecule has 1 aliphatic heterocycles. The molecule has 0 unspecified atom stereocenters. The Balaban J connectivity index is 1.56. The second-order valence-corrected chi connectivity index (χ2v) is 9.12. The molecule has 3 aromatic rings. The van der Waals surface area contributed by atoms with Crippen LogP contribution in [0.3, 0.4) is 0 Å². The number of thiophene rings is 1. The van der Waals surface area contributed by atoms with Gasteiger partial charge in [-0.2, -0.15) is 26.3 Å². The zero-order chi connectivity index (χ0) is 24.0. The third-order valence-electron chi connectivity index (χ3n) is 4.82. The number of hydrogen-bond acceptors (Lipinski definition) is 5. The average Bonchev–Trinajstić information content (AvgIpc) is 3.40. The van der Waals surface area contributed by atoms with Crippen molar-refractivity contribution in [1.29, 1.82) is 0 Å². The Kier molecular flexibility index (Phi) is 5.95. The van der Waals surface area contributed by atoms with Crippen molar-refractivity contribution in [2.45, 2.75) is 25.3 Å². The fourth-order valence-corrected chi connectivity index (χ4v) is 4.89. The van der Waals surface area contributed by atoms with E-state index < -0.39 is 35.0 Å². The van der Waals surface area contributed by atoms with Gasteiger partial charge in [-0.25, -0.2) is 4.98 Å². The summed E-state index contributed by atoms with van der Waals surface area (Å²) < 4.78 is 78.7. The summed E-state index contributed by atoms with van der Waals surface area (Å²) in [4.78, 5) is 31.6. The van der Waals surface area contributed by atoms with E-state index in [-0.39, 0.29) is 31.5 Å². The largest absolute Gasteiger partial charge is 0.416 e. The highest BCUT2D eigenvalue weighted by Gasteiger charge is 2.38. The number of fused-ring (bicyclic) bond motifs is 1. The predicted molar refractivity (Wildman–Crippen MR) is 109 cm³/mol. The van der Waals surface area contributed by atoms with Crippen LogP contribution < -0.4 is 5.32 Å². The maximum Gasteiger partial charge on any atom is 0.416 e. The maximum absolute atomic E-state index is 13.1. The molecular formula is C20H13F6N3O2S2. The molecule has 0 bridgehead atoms. The number of nitrogens with zero attached hydrogens (tertiary/aromatic N) is 2. The van der Waals surface area contributed by atoms with Gasteiger partial charge in [-0.15, -0.1) is 11.3 Å². The molecule has 3 heterocycles. The fourth-order valence-electron chi connectivity index (χ4n) is 3.25. The van der Waals surface area contributed by atoms with Gasteiger partial charge in [0, 0.05) is 23.4 Å². The smallest absolute Gasteiger partial charge is 0.333 e. The van der Waals surface area contributed by atoms with E-state index >= 15 is 0 Å². The number of aromatic nitrogens is 1. The number of thiazole rings is 1. The molecule has 0 spiro atoms. The Labute approximate surface area is 190 Å². The number of hydrogen-bond donors (Lipinski definition) is 1. The lowest BCUT2D eigenvalue weighted by Gasteiger charge is -2.26. The third kappa shape index (κ3) is 5.03. The zero-order valence-corrected chi connectivity index (χ0v) is 18.0. The first-order valence-corrected chi connectivity index (χ1v) is 11.0. The topological polar surface area (TPSA) is 62.3 Å². The second kappa shape index (κ2) is 8.45. The van der Waals surface area contributed by atoms with Crippen LogP contribution in [0.5, 0.6) is 0 Å². The minimum Gasteiger partial charge on any atom is -0.333 e. The Bertz CT molecular complexity index is 1170. The van der Waals surface area contributed by atoms with Crippen LogP contribution in [0.1, 0.15) is 41.7 Å². The highest BCUT2D eigenvalue weighted by atomic mass is 32.1. The van der Waals surface area contributed by atoms with E-state index in [4.69, 9.17) is 0 Å². The van der Waals surface area contributed by atoms with Crippen molar-refractivity contribution < 1.29 is 35.9 Å². The maximum atomic E-state index is 13.1. The Hall–Kier alpha value is -2.93. The number of alkyl halides is 6. The van der Waals surface area contributed by atoms with Crippen molar-refractivity contribution in [3.05, 3.63) is 67.9 Å². The molecule has 5 nitrogen and oxygen atoms in total. The zero-order valence-electron chi connectivity index (χ0n) is 16.4. The molecule has 2 amide bonds. The molecule has 1 N–H and O–H groups in total. The number of carbonyl (C=O) groups excluding carboxylic acids is 2. The van der Waals surface area contributed by atoms with Gasteiger partial charge in [0.2, 0.25) is 0 Å². The van der Waals surface area contributed by atoms with Gasteiger partial charge in [0.1, 0.15) is 0 Å². The van der Waals surface area contributed by atoms with Crippen LogP contribution in [0.2, 0.25) is 0 Å². The van der Waals surface area contributed by atoms with E-state index in [9.17, 15) is 35.9 Å². The van der Waals surface area contributed by atoms with Crippen LogP contribution >= 0.6 is 22.7 Å². The standard InChI is InChI=1S/C20H13F6N3O2S2/c21-19(22,23)11-6-10(7-12(8-11)20(24,25)26)17(31)29-4-3-13-15(9-29)33-18(27-13)28-16(30)14-2-1-5-32-14/h1-2,5-8H,3-4,9H2,(H,27,28,30). The quantitative estimate of drug-likeness (QED) is 0.465. The fraction of sp³-hybridized carbons (Fsp3) is 0.250. The number of nitrogens with one attached hydrogen (secondary N) is 1. The van der Waals surface area contributed by atoms with Crippen LogP contribution in [0.4, 0.5) is 31.5 Å². The molecule has 0 radical (unpaired) electrons. The highest BCUT2D eigenvalue weighted by molar-refractivity contribution is 7.16. The summed E-state index contributed by atoms with van der Waals surface area (Å²) in [6.45, 7) is 0.0176. The first-order valence-electron chi connectivity index (χ1n) is 9.34. The van der Waals surface area contributed by atoms with Crippen LogP contribution in [-0.2, 0) is 25.3 Å². The van der Waals surface area contributed by atoms with Crippen molar-refractivity contribution in [2.75, 3.05) is 11.9 Å². The van der Waals surface area contributed by atoms with Gasteiger partial charge in [-0.3, -0.25) is 14.9 Å². The molecule has 2 aromatic heterocycles. The summed E-state index contributed by atoms with van der Waals surface area (Å²) in [5.74, 6) is -1.30. The number of amides is 2. The summed E-state index contributed by atoms with van der Waals surface area (Å²) in [7, 11) is 0. The van der Waals surface area contributed by atoms with E-state index in [1.807, 2.05) is 0 Å². The molecule has 1 aliphatic rings. The SMILES string of the molecule is O=C(Nc1nc2c(s1)CN(C(=O)c1cc(C(F)(F)F)cc(C(F)(F)F)c1)CC2)c1cccs1. The van der Waals surface area contributed by atoms with Gasteiger partial charge >= 0.3 is 12.4 Å². The minimum atomic E-state index is -5.04. The Morgan fingerprint density at radius 3 is 2.27 bits per heavy atom. The minimum absolute atomic E-state index is 0.0170. The number of carbonyl (C=O) groups is 2. The van der Waals surface area contributed by atoms with Crippen LogP contribution in [0.25, 0.3) is 0 Å². The molecule has 33 heavy (non-hydrogen) atoms. The van der Waals surface area contributed by atoms with Crippen molar-refractivity contribution in [1.82, 2.24) is 9.88 Å². The molecule has 0 atom stereocenters. The summed E-state index contributed by atoms with van der Waals surface area (Å²) in [6.07, 6.45) is -9.84. The average molecular weight is 505 g/mol. The molecular weight excluding hydrogens is 492 g/mol. The van der Waals surface area contributed by atoms with Gasteiger partial charge in [-0.05, 0) is 29.6 Å². The number of anilines is 1. The second-order valence-electron chi connectivity index (χ2n) is 7.09. The van der Waals surface area contributed by atoms with Crippen molar-refractivity contribution in [3.8, 4) is 0 Å². The summed E-state index contributed by atoms with van der Waals surface area (Å²) in [5, 5.41) is 4.69. The number of halogens is 6. The molecule has 0 saturated heterocycles. The van der Waals surface area contributed by atoms with Gasteiger partial charge in [-0.1, -0.05) is 17.4 Å². The van der Waals surface area contributed by atoms with Crippen LogP contribution in [0, 0.1) is 0 Å². The highest BCUT2D eigenvalue weighted by Crippen LogP contribution is 2.37. The molecule has 4 rings (SSSR count). The van der Waals surface area contributed by atoms with E-state index in [0.29, 0.717) is 32.7 Å². The molecule has 174 valence electrons. The molecule has 0 fully saturated rings. The monoisotopic (exact) mass is 505 g/mol. The van der Waals surface area contributed by atoms with Gasteiger partial charge in [0.25, 0.3) is 11.8 Å². The first kappa shape index (κ1) is 23.2. The lowest BCUT2D eigenvalue weighted by atomic mass is 10.0. The lowest BCUT2D eigenvalue weighted by molar-refractivity contribution is -0.143. The van der Waals surface area contributed by atoms with E-state index in [0.717, 1.165) is 11.3 Å². The van der Waals surface area contributed by atoms with Crippen molar-refractivity contribution >= 4 is 39.6 Å². The van der Waals surface area contributed by atoms with Gasteiger partial charge in [0.05, 0.1) is 28.2 Å². The van der Waals surface area contributed by atoms with Crippen molar-refractivity contribution in [3.63, 3.8) is 0 Å². The molecule has 1 aromatic carbocycles. The van der Waals surface area contributed by atoms with Crippen molar-refractivity contribution in [2.24, 2.45) is 0 Å². The Morgan fingerprint density at radius 1 is 1.03 bits per heavy atom. The van der Waals surface area contributed by atoms with E-state index in [1.165, 1.54) is 16.2 Å².